The van der Waals surface area contributed by atoms with Crippen molar-refractivity contribution in [3.63, 3.8) is 0 Å². The molecule has 1 aromatic rings. The van der Waals surface area contributed by atoms with Gasteiger partial charge in [0.05, 0.1) is 5.75 Å². The van der Waals surface area contributed by atoms with E-state index in [0.717, 1.165) is 10.0 Å². The molecule has 1 unspecified atom stereocenters. The summed E-state index contributed by atoms with van der Waals surface area (Å²) in [4.78, 5) is 0. The monoisotopic (exact) mass is 337 g/mol. The number of rotatable bonds is 6. The highest BCUT2D eigenvalue weighted by Crippen LogP contribution is 2.17. The van der Waals surface area contributed by atoms with E-state index < -0.39 is 9.84 Å². The molecule has 0 aliphatic heterocycles. The first-order valence-electron chi connectivity index (χ1n) is 5.63. The lowest BCUT2D eigenvalue weighted by molar-refractivity contribution is 0.525. The molecule has 0 amide bonds. The van der Waals surface area contributed by atoms with Gasteiger partial charge in [-0.15, -0.1) is 0 Å². The molecule has 1 aromatic carbocycles. The summed E-state index contributed by atoms with van der Waals surface area (Å²) in [6.45, 7) is 2.42. The summed E-state index contributed by atoms with van der Waals surface area (Å²) in [5.41, 5.74) is 0.821. The molecule has 0 aliphatic rings. The van der Waals surface area contributed by atoms with Gasteiger partial charge in [0.1, 0.15) is 15.7 Å². The SMILES string of the molecule is CC(CCS(C)(=O)=O)NCc1cc(F)ccc1Br. The second-order valence-corrected chi connectivity index (χ2v) is 7.55. The third-order valence-electron chi connectivity index (χ3n) is 2.57. The van der Waals surface area contributed by atoms with Crippen LogP contribution in [0.1, 0.15) is 18.9 Å². The highest BCUT2D eigenvalue weighted by Gasteiger charge is 2.08. The highest BCUT2D eigenvalue weighted by molar-refractivity contribution is 9.10. The summed E-state index contributed by atoms with van der Waals surface area (Å²) in [7, 11) is -2.93. The van der Waals surface area contributed by atoms with E-state index >= 15 is 0 Å². The standard InChI is InChI=1S/C12H17BrFNO2S/c1-9(5-6-18(2,16)17)15-8-10-7-11(14)3-4-12(10)13/h3-4,7,9,15H,5-6,8H2,1-2H3. The van der Waals surface area contributed by atoms with Crippen molar-refractivity contribution in [2.75, 3.05) is 12.0 Å². The molecular weight excluding hydrogens is 321 g/mol. The van der Waals surface area contributed by atoms with Crippen LogP contribution >= 0.6 is 15.9 Å². The van der Waals surface area contributed by atoms with E-state index in [1.807, 2.05) is 6.92 Å². The summed E-state index contributed by atoms with van der Waals surface area (Å²) in [5.74, 6) is -0.121. The summed E-state index contributed by atoms with van der Waals surface area (Å²) < 4.78 is 35.9. The Hall–Kier alpha value is -0.460. The smallest absolute Gasteiger partial charge is 0.147 e. The molecule has 18 heavy (non-hydrogen) atoms. The van der Waals surface area contributed by atoms with Crippen LogP contribution in [-0.4, -0.2) is 26.5 Å². The van der Waals surface area contributed by atoms with Crippen molar-refractivity contribution < 1.29 is 12.8 Å². The second-order valence-electron chi connectivity index (χ2n) is 4.44. The predicted octanol–water partition coefficient (Wildman–Crippen LogP) is 2.50. The molecule has 0 radical (unpaired) electrons. The minimum absolute atomic E-state index is 0.0647. The summed E-state index contributed by atoms with van der Waals surface area (Å²) in [6.07, 6.45) is 1.77. The van der Waals surface area contributed by atoms with Crippen LogP contribution < -0.4 is 5.32 Å². The van der Waals surface area contributed by atoms with Crippen LogP contribution in [0.2, 0.25) is 0 Å². The van der Waals surface area contributed by atoms with Gasteiger partial charge < -0.3 is 5.32 Å². The Kier molecular flexibility index (Phi) is 5.75. The minimum atomic E-state index is -2.93. The Bertz CT molecular complexity index is 505. The fourth-order valence-corrected chi connectivity index (χ4v) is 2.62. The van der Waals surface area contributed by atoms with Crippen LogP contribution in [0.3, 0.4) is 0 Å². The predicted molar refractivity (Wildman–Crippen MR) is 74.7 cm³/mol. The lowest BCUT2D eigenvalue weighted by atomic mass is 10.2. The van der Waals surface area contributed by atoms with E-state index in [1.54, 1.807) is 6.07 Å². The number of benzene rings is 1. The maximum Gasteiger partial charge on any atom is 0.147 e. The van der Waals surface area contributed by atoms with E-state index in [2.05, 4.69) is 21.2 Å². The number of hydrogen-bond acceptors (Lipinski definition) is 3. The van der Waals surface area contributed by atoms with Crippen molar-refractivity contribution in [2.45, 2.75) is 25.9 Å². The minimum Gasteiger partial charge on any atom is -0.310 e. The molecule has 1 N–H and O–H groups in total. The van der Waals surface area contributed by atoms with Crippen LogP contribution in [0.15, 0.2) is 22.7 Å². The van der Waals surface area contributed by atoms with Crippen LogP contribution in [0, 0.1) is 5.82 Å². The number of nitrogens with one attached hydrogen (secondary N) is 1. The normalized spacial score (nSPS) is 13.6. The van der Waals surface area contributed by atoms with Gasteiger partial charge in [-0.05, 0) is 37.1 Å². The fourth-order valence-electron chi connectivity index (χ4n) is 1.46. The summed E-state index contributed by atoms with van der Waals surface area (Å²) in [6, 6.07) is 4.57. The topological polar surface area (TPSA) is 46.2 Å². The average molecular weight is 338 g/mol. The van der Waals surface area contributed by atoms with Crippen molar-refractivity contribution in [3.05, 3.63) is 34.1 Å². The van der Waals surface area contributed by atoms with E-state index in [4.69, 9.17) is 0 Å². The molecule has 6 heteroatoms. The van der Waals surface area contributed by atoms with Gasteiger partial charge in [0, 0.05) is 23.3 Å². The van der Waals surface area contributed by atoms with Gasteiger partial charge >= 0.3 is 0 Å². The van der Waals surface area contributed by atoms with Crippen molar-refractivity contribution in [2.24, 2.45) is 0 Å². The molecule has 3 nitrogen and oxygen atoms in total. The summed E-state index contributed by atoms with van der Waals surface area (Å²) >= 11 is 3.35. The lowest BCUT2D eigenvalue weighted by Gasteiger charge is -2.14. The van der Waals surface area contributed by atoms with E-state index in [-0.39, 0.29) is 17.6 Å². The maximum atomic E-state index is 13.0. The second kappa shape index (κ2) is 6.63. The zero-order valence-electron chi connectivity index (χ0n) is 10.4. The first-order chi connectivity index (χ1) is 8.28. The quantitative estimate of drug-likeness (QED) is 0.867. The molecule has 0 saturated heterocycles. The third kappa shape index (κ3) is 5.93. The fraction of sp³-hybridized carbons (Fsp3) is 0.500. The van der Waals surface area contributed by atoms with Crippen LogP contribution in [0.25, 0.3) is 0 Å². The zero-order valence-corrected chi connectivity index (χ0v) is 12.8. The molecule has 0 heterocycles. The number of hydrogen-bond donors (Lipinski definition) is 1. The zero-order chi connectivity index (χ0) is 13.8. The molecule has 0 aliphatic carbocycles. The van der Waals surface area contributed by atoms with Crippen molar-refractivity contribution in [3.8, 4) is 0 Å². The molecule has 0 bridgehead atoms. The molecule has 0 aromatic heterocycles. The van der Waals surface area contributed by atoms with Gasteiger partial charge in [0.2, 0.25) is 0 Å². The third-order valence-corrected chi connectivity index (χ3v) is 4.32. The Balaban J connectivity index is 2.47. The Labute approximate surface area is 116 Å². The molecule has 0 saturated carbocycles. The molecule has 102 valence electrons. The van der Waals surface area contributed by atoms with Gasteiger partial charge in [-0.25, -0.2) is 12.8 Å². The maximum absolute atomic E-state index is 13.0. The van der Waals surface area contributed by atoms with Gasteiger partial charge in [0.15, 0.2) is 0 Å². The average Bonchev–Trinajstić information content (AvgIpc) is 2.26. The number of halogens is 2. The van der Waals surface area contributed by atoms with Crippen molar-refractivity contribution >= 4 is 25.8 Å². The van der Waals surface area contributed by atoms with Crippen LogP contribution in [0.5, 0.6) is 0 Å². The molecule has 0 fully saturated rings. The summed E-state index contributed by atoms with van der Waals surface area (Å²) in [5, 5.41) is 3.18. The first kappa shape index (κ1) is 15.6. The van der Waals surface area contributed by atoms with Gasteiger partial charge in [-0.2, -0.15) is 0 Å². The molecule has 0 spiro atoms. The highest BCUT2D eigenvalue weighted by atomic mass is 79.9. The van der Waals surface area contributed by atoms with E-state index in [9.17, 15) is 12.8 Å². The van der Waals surface area contributed by atoms with Crippen LogP contribution in [-0.2, 0) is 16.4 Å². The Morgan fingerprint density at radius 2 is 2.11 bits per heavy atom. The largest absolute Gasteiger partial charge is 0.310 e. The lowest BCUT2D eigenvalue weighted by Crippen LogP contribution is -2.27. The van der Waals surface area contributed by atoms with E-state index in [1.165, 1.54) is 18.4 Å². The van der Waals surface area contributed by atoms with Gasteiger partial charge in [0.25, 0.3) is 0 Å². The van der Waals surface area contributed by atoms with Crippen molar-refractivity contribution in [1.29, 1.82) is 0 Å². The molecule has 1 atom stereocenters. The van der Waals surface area contributed by atoms with Gasteiger partial charge in [-0.3, -0.25) is 0 Å². The van der Waals surface area contributed by atoms with Crippen molar-refractivity contribution in [1.82, 2.24) is 5.32 Å². The van der Waals surface area contributed by atoms with E-state index in [0.29, 0.717) is 13.0 Å². The Morgan fingerprint density at radius 3 is 2.72 bits per heavy atom. The molecular formula is C12H17BrFNO2S. The Morgan fingerprint density at radius 1 is 1.44 bits per heavy atom. The molecule has 1 rings (SSSR count). The number of sulfone groups is 1. The van der Waals surface area contributed by atoms with Gasteiger partial charge in [-0.1, -0.05) is 15.9 Å². The van der Waals surface area contributed by atoms with Crippen LogP contribution in [0.4, 0.5) is 4.39 Å². The first-order valence-corrected chi connectivity index (χ1v) is 8.48.